The molecule has 0 radical (unpaired) electrons. The van der Waals surface area contributed by atoms with E-state index in [0.29, 0.717) is 0 Å². The summed E-state index contributed by atoms with van der Waals surface area (Å²) in [5.41, 5.74) is 0.861. The Balaban J connectivity index is 2.82. The molecule has 0 aliphatic rings. The second kappa shape index (κ2) is 4.57. The lowest BCUT2D eigenvalue weighted by atomic mass is 10.4. The highest BCUT2D eigenvalue weighted by Gasteiger charge is 1.86. The van der Waals surface area contributed by atoms with Gasteiger partial charge >= 0.3 is 0 Å². The van der Waals surface area contributed by atoms with Crippen LogP contribution in [0.25, 0.3) is 0 Å². The zero-order valence-electron chi connectivity index (χ0n) is 5.84. The number of nitrogens with zero attached hydrogens (tertiary/aromatic N) is 2. The van der Waals surface area contributed by atoms with Gasteiger partial charge in [0.1, 0.15) is 5.82 Å². The van der Waals surface area contributed by atoms with E-state index in [1.807, 2.05) is 6.92 Å². The van der Waals surface area contributed by atoms with Crippen molar-refractivity contribution in [2.75, 3.05) is 0 Å². The van der Waals surface area contributed by atoms with Crippen molar-refractivity contribution in [2.24, 2.45) is 0 Å². The van der Waals surface area contributed by atoms with Gasteiger partial charge in [0.05, 0.1) is 5.56 Å². The zero-order valence-corrected chi connectivity index (χ0v) is 8.81. The monoisotopic (exact) mass is 276 g/mol. The van der Waals surface area contributed by atoms with Gasteiger partial charge in [-0.2, -0.15) is 0 Å². The van der Waals surface area contributed by atoms with Gasteiger partial charge in [-0.05, 0) is 21.1 Å². The lowest BCUT2D eigenvalue weighted by molar-refractivity contribution is 1.05. The fourth-order valence-electron chi connectivity index (χ4n) is 0.535. The Bertz CT molecular complexity index is 286. The third-order valence-electron chi connectivity index (χ3n) is 1.01. The maximum absolute atomic E-state index is 4.01. The summed E-state index contributed by atoms with van der Waals surface area (Å²) in [7, 11) is 1.45. The molecule has 2 nitrogen and oxygen atoms in total. The van der Waals surface area contributed by atoms with Crippen LogP contribution in [-0.4, -0.2) is 9.97 Å². The highest BCUT2D eigenvalue weighted by Crippen LogP contribution is 2.07. The molecular weight excluding hydrogens is 271 g/mol. The summed E-state index contributed by atoms with van der Waals surface area (Å²) in [5, 5.41) is 2.86. The standard InChI is InChI=1S/C7H5IN2S/c1-6-9-4-7(5-10-6)2-3-11-8/h4-5H,1H3. The Hall–Kier alpha value is -0.280. The van der Waals surface area contributed by atoms with E-state index in [9.17, 15) is 0 Å². The molecule has 0 bridgehead atoms. The Morgan fingerprint density at radius 3 is 2.64 bits per heavy atom. The van der Waals surface area contributed by atoms with Crippen LogP contribution in [0.5, 0.6) is 0 Å². The number of hydrogen-bond donors (Lipinski definition) is 0. The molecule has 0 aromatic carbocycles. The molecular formula is C7H5IN2S. The number of aromatic nitrogens is 2. The SMILES string of the molecule is Cc1ncc(C#CSI)cn1. The molecule has 1 heterocycles. The quantitative estimate of drug-likeness (QED) is 0.536. The molecule has 0 N–H and O–H groups in total. The first-order chi connectivity index (χ1) is 5.33. The number of aryl methyl sites for hydroxylation is 1. The fourth-order valence-corrected chi connectivity index (χ4v) is 1.02. The van der Waals surface area contributed by atoms with Crippen LogP contribution in [0.1, 0.15) is 11.4 Å². The van der Waals surface area contributed by atoms with Crippen LogP contribution in [0, 0.1) is 18.1 Å². The Morgan fingerprint density at radius 2 is 2.09 bits per heavy atom. The van der Waals surface area contributed by atoms with Crippen LogP contribution < -0.4 is 0 Å². The van der Waals surface area contributed by atoms with Crippen molar-refractivity contribution in [1.82, 2.24) is 9.97 Å². The molecule has 0 atom stereocenters. The fraction of sp³-hybridized carbons (Fsp3) is 0.143. The van der Waals surface area contributed by atoms with Gasteiger partial charge in [0.25, 0.3) is 0 Å². The largest absolute Gasteiger partial charge is 0.240 e. The van der Waals surface area contributed by atoms with Crippen LogP contribution in [0.2, 0.25) is 0 Å². The van der Waals surface area contributed by atoms with Crippen LogP contribution in [0.3, 0.4) is 0 Å². The summed E-state index contributed by atoms with van der Waals surface area (Å²) >= 11 is 2.12. The molecule has 0 fully saturated rings. The molecule has 0 unspecified atom stereocenters. The second-order valence-electron chi connectivity index (χ2n) is 1.82. The van der Waals surface area contributed by atoms with Crippen molar-refractivity contribution in [2.45, 2.75) is 6.92 Å². The maximum atomic E-state index is 4.01. The second-order valence-corrected chi connectivity index (χ2v) is 3.50. The van der Waals surface area contributed by atoms with Gasteiger partial charge in [-0.25, -0.2) is 9.97 Å². The highest BCUT2D eigenvalue weighted by atomic mass is 127. The van der Waals surface area contributed by atoms with E-state index in [1.165, 1.54) is 8.93 Å². The van der Waals surface area contributed by atoms with E-state index >= 15 is 0 Å². The van der Waals surface area contributed by atoms with Crippen LogP contribution >= 0.6 is 30.1 Å². The lowest BCUT2D eigenvalue weighted by Crippen LogP contribution is -1.86. The van der Waals surface area contributed by atoms with Crippen LogP contribution in [0.4, 0.5) is 0 Å². The molecule has 1 rings (SSSR count). The molecule has 0 aliphatic carbocycles. The van der Waals surface area contributed by atoms with Gasteiger partial charge in [-0.3, -0.25) is 0 Å². The predicted molar refractivity (Wildman–Crippen MR) is 55.3 cm³/mol. The van der Waals surface area contributed by atoms with E-state index in [4.69, 9.17) is 0 Å². The first-order valence-electron chi connectivity index (χ1n) is 2.90. The number of hydrogen-bond acceptors (Lipinski definition) is 3. The van der Waals surface area contributed by atoms with E-state index in [2.05, 4.69) is 42.3 Å². The molecule has 56 valence electrons. The smallest absolute Gasteiger partial charge is 0.125 e. The summed E-state index contributed by atoms with van der Waals surface area (Å²) in [5.74, 6) is 3.68. The summed E-state index contributed by atoms with van der Waals surface area (Å²) in [6.45, 7) is 1.85. The first kappa shape index (κ1) is 8.81. The van der Waals surface area contributed by atoms with Crippen molar-refractivity contribution in [3.05, 3.63) is 23.8 Å². The highest BCUT2D eigenvalue weighted by molar-refractivity contribution is 14.2. The average molecular weight is 276 g/mol. The van der Waals surface area contributed by atoms with Crippen LogP contribution in [-0.2, 0) is 0 Å². The van der Waals surface area contributed by atoms with Crippen molar-refractivity contribution < 1.29 is 0 Å². The summed E-state index contributed by atoms with van der Waals surface area (Å²) in [4.78, 5) is 8.01. The van der Waals surface area contributed by atoms with E-state index in [-0.39, 0.29) is 0 Å². The molecule has 1 aromatic heterocycles. The molecule has 0 aliphatic heterocycles. The normalized spacial score (nSPS) is 8.55. The minimum Gasteiger partial charge on any atom is -0.240 e. The van der Waals surface area contributed by atoms with E-state index in [0.717, 1.165) is 11.4 Å². The molecule has 11 heavy (non-hydrogen) atoms. The molecule has 1 aromatic rings. The topological polar surface area (TPSA) is 25.8 Å². The third-order valence-corrected chi connectivity index (χ3v) is 1.85. The zero-order chi connectivity index (χ0) is 8.10. The minimum atomic E-state index is 0.776. The van der Waals surface area contributed by atoms with Crippen LogP contribution in [0.15, 0.2) is 12.4 Å². The Labute approximate surface area is 81.8 Å². The molecule has 0 saturated heterocycles. The van der Waals surface area contributed by atoms with Gasteiger partial charge in [0.2, 0.25) is 0 Å². The number of halogens is 1. The van der Waals surface area contributed by atoms with E-state index in [1.54, 1.807) is 12.4 Å². The van der Waals surface area contributed by atoms with Gasteiger partial charge in [0, 0.05) is 33.6 Å². The molecule has 0 saturated carbocycles. The summed E-state index contributed by atoms with van der Waals surface area (Å²) in [6, 6.07) is 0. The maximum Gasteiger partial charge on any atom is 0.125 e. The predicted octanol–water partition coefficient (Wildman–Crippen LogP) is 2.18. The van der Waals surface area contributed by atoms with Gasteiger partial charge in [-0.1, -0.05) is 5.92 Å². The van der Waals surface area contributed by atoms with Crippen molar-refractivity contribution in [3.63, 3.8) is 0 Å². The van der Waals surface area contributed by atoms with Crippen molar-refractivity contribution in [1.29, 1.82) is 0 Å². The van der Waals surface area contributed by atoms with Gasteiger partial charge < -0.3 is 0 Å². The Kier molecular flexibility index (Phi) is 3.66. The third kappa shape index (κ3) is 3.08. The summed E-state index contributed by atoms with van der Waals surface area (Å²) in [6.07, 6.45) is 3.45. The van der Waals surface area contributed by atoms with Crippen molar-refractivity contribution in [3.8, 4) is 11.2 Å². The van der Waals surface area contributed by atoms with Crippen molar-refractivity contribution >= 4 is 30.1 Å². The molecule has 0 amide bonds. The van der Waals surface area contributed by atoms with Gasteiger partial charge in [-0.15, -0.1) is 0 Å². The minimum absolute atomic E-state index is 0.776. The average Bonchev–Trinajstić information content (AvgIpc) is 2.04. The summed E-state index contributed by atoms with van der Waals surface area (Å²) < 4.78 is 0. The molecule has 0 spiro atoms. The Morgan fingerprint density at radius 1 is 1.45 bits per heavy atom. The van der Waals surface area contributed by atoms with E-state index < -0.39 is 0 Å². The number of rotatable bonds is 0. The molecule has 4 heteroatoms. The first-order valence-corrected chi connectivity index (χ1v) is 6.26. The lowest BCUT2D eigenvalue weighted by Gasteiger charge is -1.88. The van der Waals surface area contributed by atoms with Gasteiger partial charge in [0.15, 0.2) is 0 Å².